The largest absolute Gasteiger partial charge is 0.352 e. The average molecular weight is 286 g/mol. The van der Waals surface area contributed by atoms with Crippen molar-refractivity contribution in [2.75, 3.05) is 18.0 Å². The fraction of sp³-hybridized carbons (Fsp3) is 0.588. The van der Waals surface area contributed by atoms with Crippen LogP contribution in [0, 0.1) is 5.92 Å². The third-order valence-corrected chi connectivity index (χ3v) is 4.56. The summed E-state index contributed by atoms with van der Waals surface area (Å²) >= 11 is 0. The van der Waals surface area contributed by atoms with E-state index in [4.69, 9.17) is 4.98 Å². The lowest BCUT2D eigenvalue weighted by molar-refractivity contribution is 0.375. The van der Waals surface area contributed by atoms with E-state index in [-0.39, 0.29) is 0 Å². The van der Waals surface area contributed by atoms with Gasteiger partial charge in [0.15, 0.2) is 5.82 Å². The van der Waals surface area contributed by atoms with Crippen molar-refractivity contribution in [2.24, 2.45) is 5.92 Å². The number of fused-ring (bicyclic) bond motifs is 1. The molecule has 1 saturated heterocycles. The zero-order valence-electron chi connectivity index (χ0n) is 13.3. The maximum Gasteiger partial charge on any atom is 0.152 e. The van der Waals surface area contributed by atoms with Gasteiger partial charge in [-0.15, -0.1) is 0 Å². The van der Waals surface area contributed by atoms with Crippen LogP contribution in [0.4, 0.5) is 5.82 Å². The number of pyridine rings is 1. The Morgan fingerprint density at radius 3 is 2.95 bits per heavy atom. The van der Waals surface area contributed by atoms with Gasteiger partial charge in [-0.2, -0.15) is 0 Å². The molecular formula is C17H26N4. The number of rotatable bonds is 4. The summed E-state index contributed by atoms with van der Waals surface area (Å²) in [5, 5.41) is 3.46. The highest BCUT2D eigenvalue weighted by Gasteiger charge is 2.27. The number of hydrogen-bond acceptors (Lipinski definition) is 3. The minimum absolute atomic E-state index is 0.569. The summed E-state index contributed by atoms with van der Waals surface area (Å²) < 4.78 is 2.22. The van der Waals surface area contributed by atoms with Crippen molar-refractivity contribution in [2.45, 2.75) is 46.2 Å². The van der Waals surface area contributed by atoms with Crippen LogP contribution < -0.4 is 10.2 Å². The van der Waals surface area contributed by atoms with Crippen molar-refractivity contribution in [1.29, 1.82) is 0 Å². The SMILES string of the molecule is CCNCc1c(N2CCC(C)CC2C)nc2ccccn12. The van der Waals surface area contributed by atoms with Crippen LogP contribution in [0.15, 0.2) is 24.4 Å². The molecule has 2 aromatic heterocycles. The first-order chi connectivity index (χ1) is 10.2. The Kier molecular flexibility index (Phi) is 4.15. The molecule has 1 aliphatic rings. The van der Waals surface area contributed by atoms with E-state index in [1.165, 1.54) is 24.4 Å². The Hall–Kier alpha value is -1.55. The van der Waals surface area contributed by atoms with E-state index in [1.807, 2.05) is 0 Å². The van der Waals surface area contributed by atoms with Crippen molar-refractivity contribution in [1.82, 2.24) is 14.7 Å². The number of anilines is 1. The fourth-order valence-electron chi connectivity index (χ4n) is 3.39. The molecule has 2 atom stereocenters. The smallest absolute Gasteiger partial charge is 0.152 e. The van der Waals surface area contributed by atoms with Crippen molar-refractivity contribution in [3.8, 4) is 0 Å². The van der Waals surface area contributed by atoms with Crippen LogP contribution in [0.25, 0.3) is 5.65 Å². The Morgan fingerprint density at radius 2 is 2.19 bits per heavy atom. The fourth-order valence-corrected chi connectivity index (χ4v) is 3.39. The number of nitrogens with zero attached hydrogens (tertiary/aromatic N) is 3. The number of aromatic nitrogens is 2. The van der Waals surface area contributed by atoms with Gasteiger partial charge in [0.25, 0.3) is 0 Å². The number of imidazole rings is 1. The second kappa shape index (κ2) is 6.06. The van der Waals surface area contributed by atoms with Crippen LogP contribution >= 0.6 is 0 Å². The molecule has 0 amide bonds. The minimum Gasteiger partial charge on any atom is -0.352 e. The zero-order chi connectivity index (χ0) is 14.8. The van der Waals surface area contributed by atoms with Crippen molar-refractivity contribution >= 4 is 11.5 Å². The van der Waals surface area contributed by atoms with Crippen molar-refractivity contribution in [3.63, 3.8) is 0 Å². The molecule has 4 heteroatoms. The second-order valence-corrected chi connectivity index (χ2v) is 6.26. The van der Waals surface area contributed by atoms with Gasteiger partial charge in [-0.1, -0.05) is 19.9 Å². The third-order valence-electron chi connectivity index (χ3n) is 4.56. The Labute approximate surface area is 127 Å². The maximum absolute atomic E-state index is 4.91. The quantitative estimate of drug-likeness (QED) is 0.937. The normalized spacial score (nSPS) is 22.9. The first kappa shape index (κ1) is 14.4. The molecule has 0 radical (unpaired) electrons. The van der Waals surface area contributed by atoms with E-state index in [0.29, 0.717) is 6.04 Å². The van der Waals surface area contributed by atoms with Gasteiger partial charge in [0.1, 0.15) is 5.65 Å². The van der Waals surface area contributed by atoms with E-state index in [0.717, 1.165) is 31.2 Å². The molecule has 2 unspecified atom stereocenters. The number of nitrogens with one attached hydrogen (secondary N) is 1. The summed E-state index contributed by atoms with van der Waals surface area (Å²) in [6, 6.07) is 6.80. The highest BCUT2D eigenvalue weighted by molar-refractivity contribution is 5.56. The van der Waals surface area contributed by atoms with E-state index in [1.54, 1.807) is 0 Å². The molecule has 3 rings (SSSR count). The predicted molar refractivity (Wildman–Crippen MR) is 87.8 cm³/mol. The molecule has 1 N–H and O–H groups in total. The molecular weight excluding hydrogens is 260 g/mol. The van der Waals surface area contributed by atoms with Gasteiger partial charge in [-0.05, 0) is 44.4 Å². The number of piperidine rings is 1. The molecule has 0 saturated carbocycles. The van der Waals surface area contributed by atoms with Gasteiger partial charge >= 0.3 is 0 Å². The lowest BCUT2D eigenvalue weighted by Crippen LogP contribution is -2.41. The molecule has 3 heterocycles. The van der Waals surface area contributed by atoms with Gasteiger partial charge in [0.2, 0.25) is 0 Å². The van der Waals surface area contributed by atoms with E-state index >= 15 is 0 Å². The first-order valence-electron chi connectivity index (χ1n) is 8.14. The number of hydrogen-bond donors (Lipinski definition) is 1. The Bertz CT molecular complexity index is 604. The summed E-state index contributed by atoms with van der Waals surface area (Å²) in [5.74, 6) is 1.99. The van der Waals surface area contributed by atoms with E-state index in [9.17, 15) is 0 Å². The van der Waals surface area contributed by atoms with Gasteiger partial charge in [-0.3, -0.25) is 0 Å². The first-order valence-corrected chi connectivity index (χ1v) is 8.14. The molecule has 0 spiro atoms. The Balaban J connectivity index is 2.00. The standard InChI is InChI=1S/C17H26N4/c1-4-18-12-15-17(19-16-7-5-6-9-21(15)16)20-10-8-13(2)11-14(20)3/h5-7,9,13-14,18H,4,8,10-12H2,1-3H3. The van der Waals surface area contributed by atoms with Gasteiger partial charge in [-0.25, -0.2) is 4.98 Å². The third kappa shape index (κ3) is 2.77. The molecule has 21 heavy (non-hydrogen) atoms. The Morgan fingerprint density at radius 1 is 1.33 bits per heavy atom. The van der Waals surface area contributed by atoms with E-state index < -0.39 is 0 Å². The van der Waals surface area contributed by atoms with Crippen LogP contribution in [0.2, 0.25) is 0 Å². The molecule has 0 aromatic carbocycles. The van der Waals surface area contributed by atoms with Crippen molar-refractivity contribution in [3.05, 3.63) is 30.1 Å². The van der Waals surface area contributed by atoms with Crippen LogP contribution in [0.1, 0.15) is 39.3 Å². The second-order valence-electron chi connectivity index (χ2n) is 6.26. The van der Waals surface area contributed by atoms with Crippen molar-refractivity contribution < 1.29 is 0 Å². The van der Waals surface area contributed by atoms with Crippen LogP contribution in [0.5, 0.6) is 0 Å². The molecule has 1 aliphatic heterocycles. The highest BCUT2D eigenvalue weighted by atomic mass is 15.3. The molecule has 1 fully saturated rings. The zero-order valence-corrected chi connectivity index (χ0v) is 13.3. The molecule has 4 nitrogen and oxygen atoms in total. The summed E-state index contributed by atoms with van der Waals surface area (Å²) in [6.45, 7) is 9.80. The summed E-state index contributed by atoms with van der Waals surface area (Å²) in [4.78, 5) is 7.41. The summed E-state index contributed by atoms with van der Waals surface area (Å²) in [6.07, 6.45) is 4.64. The minimum atomic E-state index is 0.569. The van der Waals surface area contributed by atoms with E-state index in [2.05, 4.69) is 59.8 Å². The maximum atomic E-state index is 4.91. The molecule has 0 bridgehead atoms. The van der Waals surface area contributed by atoms with Crippen LogP contribution in [-0.4, -0.2) is 28.5 Å². The van der Waals surface area contributed by atoms with Gasteiger partial charge < -0.3 is 14.6 Å². The molecule has 2 aromatic rings. The average Bonchev–Trinajstić information content (AvgIpc) is 2.83. The topological polar surface area (TPSA) is 32.6 Å². The monoisotopic (exact) mass is 286 g/mol. The summed E-state index contributed by atoms with van der Waals surface area (Å²) in [5.41, 5.74) is 2.33. The van der Waals surface area contributed by atoms with Crippen LogP contribution in [0.3, 0.4) is 0 Å². The van der Waals surface area contributed by atoms with Gasteiger partial charge in [0.05, 0.1) is 5.69 Å². The highest BCUT2D eigenvalue weighted by Crippen LogP contribution is 2.30. The van der Waals surface area contributed by atoms with Gasteiger partial charge in [0, 0.05) is 25.3 Å². The molecule has 0 aliphatic carbocycles. The van der Waals surface area contributed by atoms with Crippen LogP contribution in [-0.2, 0) is 6.54 Å². The lowest BCUT2D eigenvalue weighted by Gasteiger charge is -2.37. The lowest BCUT2D eigenvalue weighted by atomic mass is 9.93. The predicted octanol–water partition coefficient (Wildman–Crippen LogP) is 3.07. The summed E-state index contributed by atoms with van der Waals surface area (Å²) in [7, 11) is 0. The molecule has 114 valence electrons.